The van der Waals surface area contributed by atoms with Gasteiger partial charge in [-0.3, -0.25) is 10.1 Å². The molecule has 0 atom stereocenters. The van der Waals surface area contributed by atoms with Gasteiger partial charge in [-0.15, -0.1) is 0 Å². The molecule has 4 N–H and O–H groups in total. The van der Waals surface area contributed by atoms with Crippen molar-refractivity contribution in [1.82, 2.24) is 9.97 Å². The Hall–Kier alpha value is -2.15. The molecule has 0 spiro atoms. The molecule has 1 saturated carbocycles. The highest BCUT2D eigenvalue weighted by Gasteiger charge is 2.26. The lowest BCUT2D eigenvalue weighted by atomic mass is 9.88. The first-order chi connectivity index (χ1) is 8.61. The molecule has 18 heavy (non-hydrogen) atoms. The van der Waals surface area contributed by atoms with Gasteiger partial charge in [-0.05, 0) is 18.9 Å². The third-order valence-corrected chi connectivity index (χ3v) is 3.19. The van der Waals surface area contributed by atoms with Gasteiger partial charge in [0.25, 0.3) is 5.69 Å². The van der Waals surface area contributed by atoms with Crippen molar-refractivity contribution in [2.24, 2.45) is 5.73 Å². The molecular formula is C11H13N5O2. The van der Waals surface area contributed by atoms with Crippen molar-refractivity contribution in [1.29, 1.82) is 0 Å². The van der Waals surface area contributed by atoms with Crippen LogP contribution in [0, 0.1) is 10.1 Å². The van der Waals surface area contributed by atoms with Crippen molar-refractivity contribution in [3.63, 3.8) is 0 Å². The SMILES string of the molecule is NC1CC(Nc2nc3ccc([N+](=O)[O-])cc3[nH]2)C1. The monoisotopic (exact) mass is 247 g/mol. The summed E-state index contributed by atoms with van der Waals surface area (Å²) in [7, 11) is 0. The lowest BCUT2D eigenvalue weighted by Gasteiger charge is -2.32. The zero-order valence-electron chi connectivity index (χ0n) is 9.59. The van der Waals surface area contributed by atoms with Crippen LogP contribution in [-0.2, 0) is 0 Å². The minimum Gasteiger partial charge on any atom is -0.353 e. The van der Waals surface area contributed by atoms with E-state index < -0.39 is 4.92 Å². The van der Waals surface area contributed by atoms with Crippen LogP contribution < -0.4 is 11.1 Å². The predicted molar refractivity (Wildman–Crippen MR) is 67.4 cm³/mol. The molecule has 0 radical (unpaired) electrons. The highest BCUT2D eigenvalue weighted by molar-refractivity contribution is 5.79. The van der Waals surface area contributed by atoms with Crippen molar-refractivity contribution in [3.8, 4) is 0 Å². The van der Waals surface area contributed by atoms with E-state index in [1.807, 2.05) is 0 Å². The molecule has 3 rings (SSSR count). The van der Waals surface area contributed by atoms with Gasteiger partial charge in [0.2, 0.25) is 5.95 Å². The molecule has 94 valence electrons. The lowest BCUT2D eigenvalue weighted by Crippen LogP contribution is -2.44. The molecule has 1 aromatic carbocycles. The molecule has 7 nitrogen and oxygen atoms in total. The van der Waals surface area contributed by atoms with Crippen LogP contribution in [0.25, 0.3) is 11.0 Å². The number of nitro groups is 1. The minimum atomic E-state index is -0.418. The fraction of sp³-hybridized carbons (Fsp3) is 0.364. The summed E-state index contributed by atoms with van der Waals surface area (Å²) < 4.78 is 0. The maximum atomic E-state index is 10.7. The number of non-ortho nitro benzene ring substituents is 1. The number of hydrogen-bond acceptors (Lipinski definition) is 5. The Bertz CT molecular complexity index is 602. The molecule has 1 aliphatic rings. The zero-order chi connectivity index (χ0) is 12.7. The van der Waals surface area contributed by atoms with Crippen LogP contribution >= 0.6 is 0 Å². The number of H-pyrrole nitrogens is 1. The predicted octanol–water partition coefficient (Wildman–Crippen LogP) is 1.37. The summed E-state index contributed by atoms with van der Waals surface area (Å²) in [5, 5.41) is 13.9. The van der Waals surface area contributed by atoms with Crippen LogP contribution in [0.3, 0.4) is 0 Å². The quantitative estimate of drug-likeness (QED) is 0.560. The number of nitrogens with two attached hydrogens (primary N) is 1. The molecule has 1 fully saturated rings. The van der Waals surface area contributed by atoms with Crippen LogP contribution in [0.4, 0.5) is 11.6 Å². The zero-order valence-corrected chi connectivity index (χ0v) is 9.59. The fourth-order valence-electron chi connectivity index (χ4n) is 2.15. The average molecular weight is 247 g/mol. The number of imidazole rings is 1. The Morgan fingerprint density at radius 2 is 2.28 bits per heavy atom. The molecule has 0 amide bonds. The Kier molecular flexibility index (Phi) is 2.41. The van der Waals surface area contributed by atoms with Gasteiger partial charge in [0.1, 0.15) is 0 Å². The number of aromatic amines is 1. The summed E-state index contributed by atoms with van der Waals surface area (Å²) in [6.07, 6.45) is 1.86. The third-order valence-electron chi connectivity index (χ3n) is 3.19. The highest BCUT2D eigenvalue weighted by atomic mass is 16.6. The van der Waals surface area contributed by atoms with Gasteiger partial charge in [-0.1, -0.05) is 0 Å². The topological polar surface area (TPSA) is 110 Å². The second-order valence-electron chi connectivity index (χ2n) is 4.62. The molecule has 7 heteroatoms. The first-order valence-corrected chi connectivity index (χ1v) is 5.78. The van der Waals surface area contributed by atoms with Gasteiger partial charge < -0.3 is 16.0 Å². The summed E-state index contributed by atoms with van der Waals surface area (Å²) in [6.45, 7) is 0. The maximum Gasteiger partial charge on any atom is 0.271 e. The van der Waals surface area contributed by atoms with Crippen molar-refractivity contribution in [3.05, 3.63) is 28.3 Å². The molecule has 1 aromatic heterocycles. The van der Waals surface area contributed by atoms with E-state index in [1.54, 1.807) is 6.07 Å². The number of rotatable bonds is 3. The van der Waals surface area contributed by atoms with Gasteiger partial charge in [-0.2, -0.15) is 0 Å². The number of fused-ring (bicyclic) bond motifs is 1. The van der Waals surface area contributed by atoms with Gasteiger partial charge in [-0.25, -0.2) is 4.98 Å². The van der Waals surface area contributed by atoms with Crippen LogP contribution in [0.15, 0.2) is 18.2 Å². The largest absolute Gasteiger partial charge is 0.353 e. The van der Waals surface area contributed by atoms with Gasteiger partial charge >= 0.3 is 0 Å². The van der Waals surface area contributed by atoms with Gasteiger partial charge in [0.15, 0.2) is 0 Å². The van der Waals surface area contributed by atoms with Crippen LogP contribution in [0.1, 0.15) is 12.8 Å². The van der Waals surface area contributed by atoms with Crippen LogP contribution in [0.2, 0.25) is 0 Å². The van der Waals surface area contributed by atoms with Crippen molar-refractivity contribution in [2.75, 3.05) is 5.32 Å². The second-order valence-corrected chi connectivity index (χ2v) is 4.62. The first-order valence-electron chi connectivity index (χ1n) is 5.78. The fourth-order valence-corrected chi connectivity index (χ4v) is 2.15. The Labute approximate surface area is 103 Å². The van der Waals surface area contributed by atoms with Gasteiger partial charge in [0.05, 0.1) is 16.0 Å². The van der Waals surface area contributed by atoms with E-state index in [1.165, 1.54) is 12.1 Å². The number of aromatic nitrogens is 2. The van der Waals surface area contributed by atoms with Crippen LogP contribution in [-0.4, -0.2) is 27.0 Å². The number of benzene rings is 1. The molecule has 2 aromatic rings. The molecule has 0 saturated heterocycles. The molecule has 0 bridgehead atoms. The normalized spacial score (nSPS) is 22.7. The highest BCUT2D eigenvalue weighted by Crippen LogP contribution is 2.24. The van der Waals surface area contributed by atoms with E-state index in [9.17, 15) is 10.1 Å². The smallest absolute Gasteiger partial charge is 0.271 e. The minimum absolute atomic E-state index is 0.0587. The summed E-state index contributed by atoms with van der Waals surface area (Å²) in [5.74, 6) is 0.641. The summed E-state index contributed by atoms with van der Waals surface area (Å²) in [4.78, 5) is 17.6. The van der Waals surface area contributed by atoms with E-state index in [0.29, 0.717) is 23.0 Å². The Morgan fingerprint density at radius 1 is 1.50 bits per heavy atom. The van der Waals surface area contributed by atoms with E-state index in [-0.39, 0.29) is 11.7 Å². The second kappa shape index (κ2) is 3.95. The molecular weight excluding hydrogens is 234 g/mol. The van der Waals surface area contributed by atoms with Crippen molar-refractivity contribution in [2.45, 2.75) is 24.9 Å². The number of nitrogens with zero attached hydrogens (tertiary/aromatic N) is 2. The van der Waals surface area contributed by atoms with E-state index >= 15 is 0 Å². The van der Waals surface area contributed by atoms with Gasteiger partial charge in [0, 0.05) is 24.2 Å². The van der Waals surface area contributed by atoms with E-state index in [2.05, 4.69) is 15.3 Å². The maximum absolute atomic E-state index is 10.7. The lowest BCUT2D eigenvalue weighted by molar-refractivity contribution is -0.384. The van der Waals surface area contributed by atoms with Crippen molar-refractivity contribution < 1.29 is 4.92 Å². The molecule has 1 heterocycles. The first kappa shape index (κ1) is 11.0. The number of hydrogen-bond donors (Lipinski definition) is 3. The third kappa shape index (κ3) is 1.88. The standard InChI is InChI=1S/C11H13N5O2/c12-6-3-7(4-6)13-11-14-9-2-1-8(16(17)18)5-10(9)15-11/h1-2,5-7H,3-4,12H2,(H2,13,14,15). The Balaban J connectivity index is 1.84. The van der Waals surface area contributed by atoms with Crippen molar-refractivity contribution >= 4 is 22.7 Å². The van der Waals surface area contributed by atoms with Crippen LogP contribution in [0.5, 0.6) is 0 Å². The summed E-state index contributed by atoms with van der Waals surface area (Å²) in [6, 6.07) is 5.19. The van der Waals surface area contributed by atoms with E-state index in [0.717, 1.165) is 12.8 Å². The number of nitrogens with one attached hydrogen (secondary N) is 2. The number of anilines is 1. The Morgan fingerprint density at radius 3 is 2.94 bits per heavy atom. The number of nitro benzene ring substituents is 1. The average Bonchev–Trinajstić information content (AvgIpc) is 2.67. The van der Waals surface area contributed by atoms with E-state index in [4.69, 9.17) is 5.73 Å². The summed E-state index contributed by atoms with van der Waals surface area (Å²) >= 11 is 0. The molecule has 0 aliphatic heterocycles. The molecule has 1 aliphatic carbocycles. The summed E-state index contributed by atoms with van der Waals surface area (Å²) in [5.41, 5.74) is 7.14. The molecule has 0 unspecified atom stereocenters.